The maximum atomic E-state index is 13.9. The van der Waals surface area contributed by atoms with E-state index in [0.717, 1.165) is 17.8 Å². The van der Waals surface area contributed by atoms with Crippen LogP contribution in [0.5, 0.6) is 0 Å². The number of carbonyl (C=O) groups excluding carboxylic acids is 1. The summed E-state index contributed by atoms with van der Waals surface area (Å²) in [4.78, 5) is 23.6. The smallest absolute Gasteiger partial charge is 0.284 e. The van der Waals surface area contributed by atoms with Gasteiger partial charge < -0.3 is 9.88 Å². The van der Waals surface area contributed by atoms with Crippen molar-refractivity contribution in [1.29, 1.82) is 5.26 Å². The molecule has 9 nitrogen and oxygen atoms in total. The summed E-state index contributed by atoms with van der Waals surface area (Å²) in [6.45, 7) is 0. The number of aromatic nitrogens is 3. The van der Waals surface area contributed by atoms with Gasteiger partial charge in [0.15, 0.2) is 5.16 Å². The highest BCUT2D eigenvalue weighted by atomic mass is 32.2. The molecular formula is C18H13FN6O3S. The minimum Gasteiger partial charge on any atom is -0.332 e. The van der Waals surface area contributed by atoms with Crippen LogP contribution in [0, 0.1) is 27.3 Å². The Bertz CT molecular complexity index is 1130. The normalized spacial score (nSPS) is 11.5. The molecule has 11 heteroatoms. The highest BCUT2D eigenvalue weighted by Gasteiger charge is 2.22. The number of nitro groups is 1. The standard InChI is InChI=1S/C18H13FN6O3S/c1-24-10-21-23-18(24)29-16-7-6-11(8-15(16)25(27)28)17(26)22-14(9-20)12-4-2-3-5-13(12)19/h2-8,10,14H,1H3,(H,22,26). The quantitative estimate of drug-likeness (QED) is 0.487. The Labute approximate surface area is 168 Å². The first-order valence-electron chi connectivity index (χ1n) is 8.16. The van der Waals surface area contributed by atoms with Crippen LogP contribution in [-0.2, 0) is 7.05 Å². The Morgan fingerprint density at radius 2 is 2.14 bits per heavy atom. The first kappa shape index (κ1) is 20.0. The van der Waals surface area contributed by atoms with Gasteiger partial charge in [-0.25, -0.2) is 4.39 Å². The zero-order chi connectivity index (χ0) is 21.0. The van der Waals surface area contributed by atoms with Crippen LogP contribution in [-0.4, -0.2) is 25.6 Å². The van der Waals surface area contributed by atoms with Crippen molar-refractivity contribution in [3.05, 3.63) is 75.9 Å². The van der Waals surface area contributed by atoms with Gasteiger partial charge in [-0.2, -0.15) is 5.26 Å². The van der Waals surface area contributed by atoms with E-state index in [-0.39, 0.29) is 21.7 Å². The molecule has 3 aromatic rings. The van der Waals surface area contributed by atoms with Crippen molar-refractivity contribution < 1.29 is 14.1 Å². The molecular weight excluding hydrogens is 399 g/mol. The van der Waals surface area contributed by atoms with Crippen LogP contribution in [0.4, 0.5) is 10.1 Å². The summed E-state index contributed by atoms with van der Waals surface area (Å²) in [7, 11) is 1.70. The first-order chi connectivity index (χ1) is 13.9. The van der Waals surface area contributed by atoms with E-state index < -0.39 is 22.7 Å². The molecule has 0 bridgehead atoms. The van der Waals surface area contributed by atoms with Gasteiger partial charge in [0.25, 0.3) is 11.6 Å². The molecule has 0 saturated carbocycles. The van der Waals surface area contributed by atoms with Crippen molar-refractivity contribution in [1.82, 2.24) is 20.1 Å². The maximum Gasteiger partial charge on any atom is 0.284 e. The topological polar surface area (TPSA) is 127 Å². The van der Waals surface area contributed by atoms with Gasteiger partial charge in [0.05, 0.1) is 15.9 Å². The molecule has 0 fully saturated rings. The minimum absolute atomic E-state index is 0.00677. The molecule has 0 radical (unpaired) electrons. The first-order valence-corrected chi connectivity index (χ1v) is 8.97. The predicted molar refractivity (Wildman–Crippen MR) is 100 cm³/mol. The van der Waals surface area contributed by atoms with Crippen LogP contribution in [0.25, 0.3) is 0 Å². The lowest BCUT2D eigenvalue weighted by Gasteiger charge is -2.13. The Hall–Kier alpha value is -3.78. The molecule has 1 aromatic heterocycles. The number of nitro benzene ring substituents is 1. The van der Waals surface area contributed by atoms with Crippen molar-refractivity contribution in [2.45, 2.75) is 16.1 Å². The molecule has 1 amide bonds. The number of nitrogens with zero attached hydrogens (tertiary/aromatic N) is 5. The molecule has 0 saturated heterocycles. The number of benzene rings is 2. The van der Waals surface area contributed by atoms with E-state index in [9.17, 15) is 24.6 Å². The molecule has 0 spiro atoms. The van der Waals surface area contributed by atoms with Gasteiger partial charge in [-0.15, -0.1) is 10.2 Å². The number of nitrogens with one attached hydrogen (secondary N) is 1. The average Bonchev–Trinajstić information content (AvgIpc) is 3.11. The Balaban J connectivity index is 1.86. The fraction of sp³-hybridized carbons (Fsp3) is 0.111. The van der Waals surface area contributed by atoms with Gasteiger partial charge in [-0.1, -0.05) is 18.2 Å². The molecule has 0 aliphatic heterocycles. The van der Waals surface area contributed by atoms with Crippen molar-refractivity contribution in [2.24, 2.45) is 7.05 Å². The Morgan fingerprint density at radius 3 is 2.76 bits per heavy atom. The molecule has 0 aliphatic carbocycles. The van der Waals surface area contributed by atoms with E-state index in [4.69, 9.17) is 0 Å². The number of nitriles is 1. The van der Waals surface area contributed by atoms with Crippen molar-refractivity contribution in [2.75, 3.05) is 0 Å². The number of hydrogen-bond donors (Lipinski definition) is 1. The fourth-order valence-corrected chi connectivity index (χ4v) is 3.30. The second-order valence-electron chi connectivity index (χ2n) is 5.82. The fourth-order valence-electron chi connectivity index (χ4n) is 2.45. The SMILES string of the molecule is Cn1cnnc1Sc1ccc(C(=O)NC(C#N)c2ccccc2F)cc1[N+](=O)[O-]. The third-order valence-corrected chi connectivity index (χ3v) is 5.03. The summed E-state index contributed by atoms with van der Waals surface area (Å²) < 4.78 is 15.5. The van der Waals surface area contributed by atoms with Gasteiger partial charge in [-0.05, 0) is 30.0 Å². The molecule has 29 heavy (non-hydrogen) atoms. The maximum absolute atomic E-state index is 13.9. The third kappa shape index (κ3) is 4.39. The van der Waals surface area contributed by atoms with Gasteiger partial charge in [0.2, 0.25) is 0 Å². The third-order valence-electron chi connectivity index (χ3n) is 3.91. The van der Waals surface area contributed by atoms with Gasteiger partial charge in [0.1, 0.15) is 18.2 Å². The highest BCUT2D eigenvalue weighted by Crippen LogP contribution is 2.34. The van der Waals surface area contributed by atoms with Gasteiger partial charge in [0, 0.05) is 24.2 Å². The van der Waals surface area contributed by atoms with Gasteiger partial charge in [-0.3, -0.25) is 14.9 Å². The van der Waals surface area contributed by atoms with E-state index in [2.05, 4.69) is 15.5 Å². The number of halogens is 1. The molecule has 0 aliphatic rings. The lowest BCUT2D eigenvalue weighted by atomic mass is 10.1. The van der Waals surface area contributed by atoms with Crippen LogP contribution >= 0.6 is 11.8 Å². The molecule has 1 heterocycles. The summed E-state index contributed by atoms with van der Waals surface area (Å²) in [6, 6.07) is 10.0. The summed E-state index contributed by atoms with van der Waals surface area (Å²) in [5, 5.41) is 31.2. The molecule has 3 rings (SSSR count). The molecule has 1 atom stereocenters. The van der Waals surface area contributed by atoms with Crippen molar-refractivity contribution >= 4 is 23.4 Å². The van der Waals surface area contributed by atoms with Crippen LogP contribution in [0.15, 0.2) is 58.8 Å². The number of amides is 1. The van der Waals surface area contributed by atoms with Crippen LogP contribution in [0.1, 0.15) is 22.0 Å². The Morgan fingerprint density at radius 1 is 1.38 bits per heavy atom. The van der Waals surface area contributed by atoms with Crippen LogP contribution in [0.2, 0.25) is 0 Å². The van der Waals surface area contributed by atoms with Crippen LogP contribution < -0.4 is 5.32 Å². The van der Waals surface area contributed by atoms with E-state index in [1.807, 2.05) is 6.07 Å². The second kappa shape index (κ2) is 8.49. The second-order valence-corrected chi connectivity index (χ2v) is 6.83. The van der Waals surface area contributed by atoms with Crippen LogP contribution in [0.3, 0.4) is 0 Å². The molecule has 1 N–H and O–H groups in total. The van der Waals surface area contributed by atoms with E-state index in [1.165, 1.54) is 42.7 Å². The molecule has 146 valence electrons. The average molecular weight is 412 g/mol. The largest absolute Gasteiger partial charge is 0.332 e. The summed E-state index contributed by atoms with van der Waals surface area (Å²) in [6.07, 6.45) is 1.46. The number of hydrogen-bond acceptors (Lipinski definition) is 7. The lowest BCUT2D eigenvalue weighted by molar-refractivity contribution is -0.387. The predicted octanol–water partition coefficient (Wildman–Crippen LogP) is 3.01. The number of rotatable bonds is 6. The number of carbonyl (C=O) groups is 1. The minimum atomic E-state index is -1.24. The molecule has 2 aromatic carbocycles. The lowest BCUT2D eigenvalue weighted by Crippen LogP contribution is -2.28. The summed E-state index contributed by atoms with van der Waals surface area (Å²) >= 11 is 1.03. The van der Waals surface area contributed by atoms with Crippen molar-refractivity contribution in [3.63, 3.8) is 0 Å². The zero-order valence-corrected chi connectivity index (χ0v) is 15.8. The van der Waals surface area contributed by atoms with Crippen molar-refractivity contribution in [3.8, 4) is 6.07 Å². The summed E-state index contributed by atoms with van der Waals surface area (Å²) in [5.41, 5.74) is -0.326. The van der Waals surface area contributed by atoms with E-state index in [1.54, 1.807) is 11.6 Å². The highest BCUT2D eigenvalue weighted by molar-refractivity contribution is 7.99. The van der Waals surface area contributed by atoms with E-state index in [0.29, 0.717) is 5.16 Å². The Kier molecular flexibility index (Phi) is 5.85. The monoisotopic (exact) mass is 412 g/mol. The molecule has 1 unspecified atom stereocenters. The van der Waals surface area contributed by atoms with E-state index >= 15 is 0 Å². The van der Waals surface area contributed by atoms with Gasteiger partial charge >= 0.3 is 0 Å². The summed E-state index contributed by atoms with van der Waals surface area (Å²) in [5.74, 6) is -1.38. The zero-order valence-electron chi connectivity index (χ0n) is 14.9. The number of aryl methyl sites for hydroxylation is 1.